The standard InChI is InChI=1S/C7H12O4/c1-3-6-10-4-5(11-6)7(8)9-2/h5-6H,3-4H2,1-2H3/t5-,6+/m1/s1. The Balaban J connectivity index is 2.35. The molecule has 0 bridgehead atoms. The van der Waals surface area contributed by atoms with Crippen LogP contribution < -0.4 is 0 Å². The van der Waals surface area contributed by atoms with E-state index in [1.165, 1.54) is 7.11 Å². The van der Waals surface area contributed by atoms with Gasteiger partial charge in [-0.3, -0.25) is 0 Å². The lowest BCUT2D eigenvalue weighted by Gasteiger charge is -2.06. The van der Waals surface area contributed by atoms with E-state index in [0.717, 1.165) is 6.42 Å². The zero-order chi connectivity index (χ0) is 8.27. The summed E-state index contributed by atoms with van der Waals surface area (Å²) in [6.07, 6.45) is -0.00270. The summed E-state index contributed by atoms with van der Waals surface area (Å²) in [5.41, 5.74) is 0. The van der Waals surface area contributed by atoms with Crippen molar-refractivity contribution in [3.8, 4) is 0 Å². The molecule has 0 radical (unpaired) electrons. The van der Waals surface area contributed by atoms with Crippen LogP contribution in [-0.2, 0) is 19.0 Å². The van der Waals surface area contributed by atoms with Crippen molar-refractivity contribution in [1.29, 1.82) is 0 Å². The predicted octanol–water partition coefficient (Wildman–Crippen LogP) is 0.311. The molecule has 2 atom stereocenters. The molecule has 1 heterocycles. The SMILES string of the molecule is CC[C@H]1OC[C@H](C(=O)OC)O1. The van der Waals surface area contributed by atoms with Crippen LogP contribution in [0.4, 0.5) is 0 Å². The van der Waals surface area contributed by atoms with Crippen molar-refractivity contribution in [2.45, 2.75) is 25.7 Å². The molecule has 0 aromatic heterocycles. The second-order valence-electron chi connectivity index (χ2n) is 2.32. The van der Waals surface area contributed by atoms with E-state index in [-0.39, 0.29) is 12.3 Å². The third-order valence-corrected chi connectivity index (χ3v) is 1.55. The largest absolute Gasteiger partial charge is 0.467 e. The van der Waals surface area contributed by atoms with E-state index in [4.69, 9.17) is 9.47 Å². The van der Waals surface area contributed by atoms with Crippen molar-refractivity contribution in [2.24, 2.45) is 0 Å². The summed E-state index contributed by atoms with van der Waals surface area (Å²) in [7, 11) is 1.34. The van der Waals surface area contributed by atoms with Crippen molar-refractivity contribution in [1.82, 2.24) is 0 Å². The van der Waals surface area contributed by atoms with Crippen LogP contribution in [0.25, 0.3) is 0 Å². The number of hydrogen-bond donors (Lipinski definition) is 0. The summed E-state index contributed by atoms with van der Waals surface area (Å²) >= 11 is 0. The average molecular weight is 160 g/mol. The van der Waals surface area contributed by atoms with Crippen LogP contribution in [0.15, 0.2) is 0 Å². The molecule has 0 saturated carbocycles. The van der Waals surface area contributed by atoms with Gasteiger partial charge in [-0.25, -0.2) is 4.79 Å². The van der Waals surface area contributed by atoms with E-state index < -0.39 is 6.10 Å². The Bertz CT molecular complexity index is 145. The lowest BCUT2D eigenvalue weighted by molar-refractivity contribution is -0.154. The highest BCUT2D eigenvalue weighted by molar-refractivity contribution is 5.74. The summed E-state index contributed by atoms with van der Waals surface area (Å²) in [6, 6.07) is 0. The number of esters is 1. The molecule has 4 nitrogen and oxygen atoms in total. The van der Waals surface area contributed by atoms with Gasteiger partial charge in [-0.05, 0) is 6.42 Å². The molecule has 1 aliphatic heterocycles. The van der Waals surface area contributed by atoms with Crippen LogP contribution in [0, 0.1) is 0 Å². The van der Waals surface area contributed by atoms with Gasteiger partial charge in [0.05, 0.1) is 13.7 Å². The lowest BCUT2D eigenvalue weighted by Crippen LogP contribution is -2.24. The van der Waals surface area contributed by atoms with Gasteiger partial charge in [-0.1, -0.05) is 6.92 Å². The molecule has 0 aliphatic carbocycles. The molecule has 11 heavy (non-hydrogen) atoms. The summed E-state index contributed by atoms with van der Waals surface area (Å²) in [5, 5.41) is 0. The number of rotatable bonds is 2. The Hall–Kier alpha value is -0.610. The van der Waals surface area contributed by atoms with Crippen molar-refractivity contribution >= 4 is 5.97 Å². The van der Waals surface area contributed by atoms with Crippen LogP contribution in [-0.4, -0.2) is 32.1 Å². The number of hydrogen-bond acceptors (Lipinski definition) is 4. The smallest absolute Gasteiger partial charge is 0.337 e. The Morgan fingerprint density at radius 2 is 2.45 bits per heavy atom. The van der Waals surface area contributed by atoms with Gasteiger partial charge >= 0.3 is 5.97 Å². The van der Waals surface area contributed by atoms with E-state index in [9.17, 15) is 4.79 Å². The predicted molar refractivity (Wildman–Crippen MR) is 36.9 cm³/mol. The second kappa shape index (κ2) is 3.69. The van der Waals surface area contributed by atoms with Crippen molar-refractivity contribution in [2.75, 3.05) is 13.7 Å². The number of methoxy groups -OCH3 is 1. The zero-order valence-electron chi connectivity index (χ0n) is 6.70. The molecule has 0 amide bonds. The summed E-state index contributed by atoms with van der Waals surface area (Å²) in [5.74, 6) is -0.360. The minimum atomic E-state index is -0.523. The molecule has 0 aromatic carbocycles. The maximum Gasteiger partial charge on any atom is 0.337 e. The molecule has 1 rings (SSSR count). The molecule has 1 aliphatic rings. The van der Waals surface area contributed by atoms with Gasteiger partial charge in [0.15, 0.2) is 12.4 Å². The first-order valence-electron chi connectivity index (χ1n) is 3.62. The highest BCUT2D eigenvalue weighted by Crippen LogP contribution is 2.14. The van der Waals surface area contributed by atoms with Gasteiger partial charge in [0.25, 0.3) is 0 Å². The topological polar surface area (TPSA) is 44.8 Å². The van der Waals surface area contributed by atoms with Crippen molar-refractivity contribution in [3.63, 3.8) is 0 Å². The van der Waals surface area contributed by atoms with Gasteiger partial charge in [0.2, 0.25) is 0 Å². The summed E-state index contributed by atoms with van der Waals surface area (Å²) in [6.45, 7) is 2.25. The van der Waals surface area contributed by atoms with Crippen LogP contribution >= 0.6 is 0 Å². The Morgan fingerprint density at radius 1 is 1.73 bits per heavy atom. The van der Waals surface area contributed by atoms with Crippen molar-refractivity contribution < 1.29 is 19.0 Å². The maximum absolute atomic E-state index is 10.8. The molecular weight excluding hydrogens is 148 g/mol. The quantitative estimate of drug-likeness (QED) is 0.545. The van der Waals surface area contributed by atoms with E-state index >= 15 is 0 Å². The van der Waals surface area contributed by atoms with E-state index in [2.05, 4.69) is 4.74 Å². The molecule has 1 saturated heterocycles. The normalized spacial score (nSPS) is 30.4. The molecule has 0 unspecified atom stereocenters. The first-order chi connectivity index (χ1) is 5.27. The maximum atomic E-state index is 10.8. The van der Waals surface area contributed by atoms with Gasteiger partial charge in [-0.2, -0.15) is 0 Å². The summed E-state index contributed by atoms with van der Waals surface area (Å²) in [4.78, 5) is 10.8. The fourth-order valence-corrected chi connectivity index (χ4v) is 0.926. The molecule has 4 heteroatoms. The van der Waals surface area contributed by atoms with Gasteiger partial charge in [0, 0.05) is 0 Å². The number of carbonyl (C=O) groups excluding carboxylic acids is 1. The monoisotopic (exact) mass is 160 g/mol. The van der Waals surface area contributed by atoms with Crippen LogP contribution in [0.5, 0.6) is 0 Å². The Morgan fingerprint density at radius 3 is 2.91 bits per heavy atom. The van der Waals surface area contributed by atoms with Gasteiger partial charge < -0.3 is 14.2 Å². The van der Waals surface area contributed by atoms with Crippen molar-refractivity contribution in [3.05, 3.63) is 0 Å². The average Bonchev–Trinajstić information content (AvgIpc) is 2.50. The second-order valence-corrected chi connectivity index (χ2v) is 2.32. The molecular formula is C7H12O4. The number of carbonyl (C=O) groups is 1. The fraction of sp³-hybridized carbons (Fsp3) is 0.857. The lowest BCUT2D eigenvalue weighted by atomic mass is 10.4. The third kappa shape index (κ3) is 1.91. The highest BCUT2D eigenvalue weighted by Gasteiger charge is 2.30. The minimum absolute atomic E-state index is 0.237. The molecule has 64 valence electrons. The van der Waals surface area contributed by atoms with E-state index in [1.807, 2.05) is 6.92 Å². The fourth-order valence-electron chi connectivity index (χ4n) is 0.926. The van der Waals surface area contributed by atoms with Gasteiger partial charge in [0.1, 0.15) is 0 Å². The molecule has 0 N–H and O–H groups in total. The molecule has 1 fully saturated rings. The van der Waals surface area contributed by atoms with Gasteiger partial charge in [-0.15, -0.1) is 0 Å². The Labute approximate surface area is 65.4 Å². The minimum Gasteiger partial charge on any atom is -0.467 e. The molecule has 0 aromatic rings. The summed E-state index contributed by atoms with van der Waals surface area (Å²) < 4.78 is 14.8. The van der Waals surface area contributed by atoms with E-state index in [0.29, 0.717) is 6.61 Å². The van der Waals surface area contributed by atoms with Crippen LogP contribution in [0.3, 0.4) is 0 Å². The number of ether oxygens (including phenoxy) is 3. The highest BCUT2D eigenvalue weighted by atomic mass is 16.7. The van der Waals surface area contributed by atoms with Crippen LogP contribution in [0.1, 0.15) is 13.3 Å². The third-order valence-electron chi connectivity index (χ3n) is 1.55. The van der Waals surface area contributed by atoms with Crippen LogP contribution in [0.2, 0.25) is 0 Å². The zero-order valence-corrected chi connectivity index (χ0v) is 6.70. The molecule has 0 spiro atoms. The first kappa shape index (κ1) is 8.49. The Kier molecular flexibility index (Phi) is 2.84. The first-order valence-corrected chi connectivity index (χ1v) is 3.62. The van der Waals surface area contributed by atoms with E-state index in [1.54, 1.807) is 0 Å².